The molecule has 2 unspecified atom stereocenters. The number of thioether (sulfide) groups is 1. The summed E-state index contributed by atoms with van der Waals surface area (Å²) in [6.07, 6.45) is 2.54. The lowest BCUT2D eigenvalue weighted by Crippen LogP contribution is -2.32. The first kappa shape index (κ1) is 11.0. The molecule has 0 bridgehead atoms. The molecule has 0 amide bonds. The van der Waals surface area contributed by atoms with Gasteiger partial charge < -0.3 is 5.73 Å². The fourth-order valence-electron chi connectivity index (χ4n) is 1.85. The maximum Gasteiger partial charge on any atom is 0.0547 e. The minimum atomic E-state index is 0.171. The zero-order valence-electron chi connectivity index (χ0n) is 8.13. The predicted molar refractivity (Wildman–Crippen MR) is 69.0 cm³/mol. The van der Waals surface area contributed by atoms with Gasteiger partial charge in [0.25, 0.3) is 0 Å². The lowest BCUT2D eigenvalue weighted by molar-refractivity contribution is 0.507. The van der Waals surface area contributed by atoms with Crippen molar-refractivity contribution in [2.24, 2.45) is 5.73 Å². The largest absolute Gasteiger partial charge is 0.322 e. The number of hydrogen-bond donors (Lipinski definition) is 1. The highest BCUT2D eigenvalue weighted by atomic mass is 79.9. The van der Waals surface area contributed by atoms with E-state index in [-0.39, 0.29) is 10.8 Å². The van der Waals surface area contributed by atoms with Gasteiger partial charge in [0.15, 0.2) is 0 Å². The van der Waals surface area contributed by atoms with Gasteiger partial charge in [0.05, 0.1) is 6.04 Å². The van der Waals surface area contributed by atoms with Crippen LogP contribution in [0.4, 0.5) is 0 Å². The third-order valence-corrected chi connectivity index (χ3v) is 6.40. The lowest BCUT2D eigenvalue weighted by Gasteiger charge is -2.29. The highest BCUT2D eigenvalue weighted by molar-refractivity contribution is 9.10. The van der Waals surface area contributed by atoms with E-state index < -0.39 is 0 Å². The molecule has 1 saturated heterocycles. The molecule has 1 nitrogen and oxygen atoms in total. The highest BCUT2D eigenvalue weighted by Gasteiger charge is 2.37. The summed E-state index contributed by atoms with van der Waals surface area (Å²) in [6.45, 7) is 2.29. The molecular weight excluding hydrogens is 278 g/mol. The molecule has 1 aromatic heterocycles. The average molecular weight is 292 g/mol. The van der Waals surface area contributed by atoms with Gasteiger partial charge in [-0.2, -0.15) is 11.8 Å². The quantitative estimate of drug-likeness (QED) is 0.897. The van der Waals surface area contributed by atoms with Gasteiger partial charge in [-0.15, -0.1) is 11.3 Å². The fourth-order valence-corrected chi connectivity index (χ4v) is 5.04. The summed E-state index contributed by atoms with van der Waals surface area (Å²) in [5.74, 6) is 1.26. The van der Waals surface area contributed by atoms with Crippen molar-refractivity contribution >= 4 is 39.0 Å². The maximum absolute atomic E-state index is 6.34. The van der Waals surface area contributed by atoms with Crippen LogP contribution in [-0.4, -0.2) is 10.5 Å². The Morgan fingerprint density at radius 2 is 2.43 bits per heavy atom. The van der Waals surface area contributed by atoms with Crippen LogP contribution in [0.25, 0.3) is 0 Å². The summed E-state index contributed by atoms with van der Waals surface area (Å²) in [5.41, 5.74) is 6.34. The van der Waals surface area contributed by atoms with E-state index in [0.29, 0.717) is 0 Å². The molecule has 2 heterocycles. The van der Waals surface area contributed by atoms with Crippen LogP contribution in [0.1, 0.15) is 30.7 Å². The molecule has 78 valence electrons. The van der Waals surface area contributed by atoms with Crippen LogP contribution in [0.15, 0.2) is 15.9 Å². The SMILES string of the molecule is CC1(C(N)c2sccc2Br)CCCS1. The van der Waals surface area contributed by atoms with Crippen LogP contribution in [0, 0.1) is 0 Å². The van der Waals surface area contributed by atoms with Crippen molar-refractivity contribution in [1.29, 1.82) is 0 Å². The molecule has 0 spiro atoms. The van der Waals surface area contributed by atoms with Gasteiger partial charge in [-0.05, 0) is 52.9 Å². The summed E-state index contributed by atoms with van der Waals surface area (Å²) in [7, 11) is 0. The van der Waals surface area contributed by atoms with Gasteiger partial charge in [0.1, 0.15) is 0 Å². The first-order valence-corrected chi connectivity index (χ1v) is 7.42. The Labute approximate surface area is 102 Å². The predicted octanol–water partition coefficient (Wildman–Crippen LogP) is 3.80. The van der Waals surface area contributed by atoms with E-state index in [4.69, 9.17) is 5.73 Å². The van der Waals surface area contributed by atoms with Crippen molar-refractivity contribution in [2.45, 2.75) is 30.6 Å². The molecule has 1 aliphatic heterocycles. The van der Waals surface area contributed by atoms with Crippen LogP contribution in [0.2, 0.25) is 0 Å². The highest BCUT2D eigenvalue weighted by Crippen LogP contribution is 2.47. The summed E-state index contributed by atoms with van der Waals surface area (Å²) in [4.78, 5) is 1.29. The second kappa shape index (κ2) is 4.16. The Kier molecular flexibility index (Phi) is 3.27. The maximum atomic E-state index is 6.34. The Morgan fingerprint density at radius 1 is 1.64 bits per heavy atom. The molecule has 1 aliphatic rings. The monoisotopic (exact) mass is 291 g/mol. The Balaban J connectivity index is 2.23. The molecule has 1 aromatic rings. The zero-order chi connectivity index (χ0) is 10.2. The summed E-state index contributed by atoms with van der Waals surface area (Å²) in [6, 6.07) is 2.26. The van der Waals surface area contributed by atoms with Crippen molar-refractivity contribution < 1.29 is 0 Å². The molecule has 0 saturated carbocycles. The molecule has 4 heteroatoms. The van der Waals surface area contributed by atoms with Gasteiger partial charge in [0.2, 0.25) is 0 Å². The van der Waals surface area contributed by atoms with Crippen molar-refractivity contribution in [3.8, 4) is 0 Å². The van der Waals surface area contributed by atoms with Crippen LogP contribution in [-0.2, 0) is 0 Å². The number of rotatable bonds is 2. The van der Waals surface area contributed by atoms with E-state index in [9.17, 15) is 0 Å². The molecule has 0 radical (unpaired) electrons. The average Bonchev–Trinajstić information content (AvgIpc) is 2.74. The molecule has 2 N–H and O–H groups in total. The van der Waals surface area contributed by atoms with Crippen LogP contribution in [0.5, 0.6) is 0 Å². The van der Waals surface area contributed by atoms with Crippen LogP contribution < -0.4 is 5.73 Å². The zero-order valence-corrected chi connectivity index (χ0v) is 11.3. The third-order valence-electron chi connectivity index (χ3n) is 2.83. The topological polar surface area (TPSA) is 26.0 Å². The standard InChI is InChI=1S/C10H14BrNS2/c1-10(4-2-5-14-10)9(12)8-7(11)3-6-13-8/h3,6,9H,2,4-5,12H2,1H3. The lowest BCUT2D eigenvalue weighted by atomic mass is 9.96. The van der Waals surface area contributed by atoms with Crippen LogP contribution >= 0.6 is 39.0 Å². The Hall–Kier alpha value is 0.490. The molecule has 14 heavy (non-hydrogen) atoms. The van der Waals surface area contributed by atoms with E-state index in [2.05, 4.69) is 34.3 Å². The van der Waals surface area contributed by atoms with Gasteiger partial charge in [0, 0.05) is 14.1 Å². The summed E-state index contributed by atoms with van der Waals surface area (Å²) in [5, 5.41) is 2.10. The molecule has 2 rings (SSSR count). The van der Waals surface area contributed by atoms with Crippen molar-refractivity contribution in [3.63, 3.8) is 0 Å². The van der Waals surface area contributed by atoms with Gasteiger partial charge in [-0.1, -0.05) is 0 Å². The van der Waals surface area contributed by atoms with Crippen molar-refractivity contribution in [2.75, 3.05) is 5.75 Å². The molecule has 0 aliphatic carbocycles. The van der Waals surface area contributed by atoms with E-state index in [0.717, 1.165) is 0 Å². The fraction of sp³-hybridized carbons (Fsp3) is 0.600. The van der Waals surface area contributed by atoms with E-state index in [1.807, 2.05) is 11.8 Å². The van der Waals surface area contributed by atoms with Gasteiger partial charge in [-0.3, -0.25) is 0 Å². The summed E-state index contributed by atoms with van der Waals surface area (Å²) < 4.78 is 1.41. The number of nitrogens with two attached hydrogens (primary N) is 1. The van der Waals surface area contributed by atoms with Crippen molar-refractivity contribution in [3.05, 3.63) is 20.8 Å². The minimum Gasteiger partial charge on any atom is -0.322 e. The number of halogens is 1. The number of thiophene rings is 1. The molecule has 1 fully saturated rings. The second-order valence-corrected chi connectivity index (χ2v) is 7.31. The Morgan fingerprint density at radius 3 is 2.93 bits per heavy atom. The van der Waals surface area contributed by atoms with Gasteiger partial charge in [-0.25, -0.2) is 0 Å². The first-order valence-electron chi connectivity index (χ1n) is 4.76. The molecule has 2 atom stereocenters. The molecule has 0 aromatic carbocycles. The summed E-state index contributed by atoms with van der Waals surface area (Å²) >= 11 is 7.34. The van der Waals surface area contributed by atoms with E-state index >= 15 is 0 Å². The first-order chi connectivity index (χ1) is 6.63. The number of hydrogen-bond acceptors (Lipinski definition) is 3. The van der Waals surface area contributed by atoms with E-state index in [1.165, 1.54) is 27.9 Å². The van der Waals surface area contributed by atoms with Gasteiger partial charge >= 0.3 is 0 Å². The normalized spacial score (nSPS) is 29.4. The van der Waals surface area contributed by atoms with Crippen molar-refractivity contribution in [1.82, 2.24) is 0 Å². The van der Waals surface area contributed by atoms with E-state index in [1.54, 1.807) is 11.3 Å². The minimum absolute atomic E-state index is 0.171. The third kappa shape index (κ3) is 1.90. The molecular formula is C10H14BrNS2. The second-order valence-electron chi connectivity index (χ2n) is 3.88. The Bertz CT molecular complexity index is 318. The smallest absolute Gasteiger partial charge is 0.0547 e. The van der Waals surface area contributed by atoms with Crippen LogP contribution in [0.3, 0.4) is 0 Å².